The van der Waals surface area contributed by atoms with Crippen molar-refractivity contribution >= 4 is 17.9 Å². The Balaban J connectivity index is 4.40. The smallest absolute Gasteiger partial charge is 0.306 e. The van der Waals surface area contributed by atoms with Crippen molar-refractivity contribution in [3.63, 3.8) is 0 Å². The Labute approximate surface area is 465 Å². The molecule has 0 aliphatic heterocycles. The van der Waals surface area contributed by atoms with Crippen LogP contribution in [0.3, 0.4) is 0 Å². The molecule has 0 amide bonds. The normalized spacial score (nSPS) is 12.6. The molecule has 0 N–H and O–H groups in total. The van der Waals surface area contributed by atoms with Gasteiger partial charge in [-0.1, -0.05) is 266 Å². The Morgan fingerprint density at radius 1 is 0.280 bits per heavy atom. The van der Waals surface area contributed by atoms with E-state index in [1.54, 1.807) is 0 Å². The summed E-state index contributed by atoms with van der Waals surface area (Å²) < 4.78 is 16.9. The number of carbonyl (C=O) groups is 3. The van der Waals surface area contributed by atoms with Crippen LogP contribution in [0.4, 0.5) is 0 Å². The SMILES string of the molecule is CC/C=C\C/C=C\C/C=C\CCCCCCCCCC(=O)OCC(COC(=O)CCCCCCCCCCC/C=C\CCCCCCCCCC)OC(=O)CCCCCCCC/C=C\C/C=C\C/C=C\CCCCC. The molecule has 0 spiro atoms. The molecule has 0 bridgehead atoms. The van der Waals surface area contributed by atoms with Crippen LogP contribution in [0.25, 0.3) is 0 Å². The maximum Gasteiger partial charge on any atom is 0.306 e. The van der Waals surface area contributed by atoms with Crippen LogP contribution in [0.2, 0.25) is 0 Å². The number of rotatable bonds is 58. The lowest BCUT2D eigenvalue weighted by atomic mass is 10.1. The molecule has 0 saturated carbocycles. The fourth-order valence-corrected chi connectivity index (χ4v) is 9.05. The molecule has 432 valence electrons. The van der Waals surface area contributed by atoms with Gasteiger partial charge in [-0.05, 0) is 116 Å². The predicted molar refractivity (Wildman–Crippen MR) is 325 cm³/mol. The fraction of sp³-hybridized carbons (Fsp3) is 0.754. The summed E-state index contributed by atoms with van der Waals surface area (Å²) in [4.78, 5) is 38.3. The van der Waals surface area contributed by atoms with Gasteiger partial charge in [0.2, 0.25) is 0 Å². The average Bonchev–Trinajstić information content (AvgIpc) is 3.41. The van der Waals surface area contributed by atoms with E-state index in [1.165, 1.54) is 167 Å². The lowest BCUT2D eigenvalue weighted by Crippen LogP contribution is -2.30. The Hall–Kier alpha value is -3.41. The van der Waals surface area contributed by atoms with Crippen LogP contribution in [0.15, 0.2) is 85.1 Å². The van der Waals surface area contributed by atoms with Crippen LogP contribution in [-0.2, 0) is 28.6 Å². The number of ether oxygens (including phenoxy) is 3. The maximum absolute atomic E-state index is 12.9. The van der Waals surface area contributed by atoms with Gasteiger partial charge in [-0.3, -0.25) is 14.4 Å². The van der Waals surface area contributed by atoms with E-state index in [0.717, 1.165) is 109 Å². The van der Waals surface area contributed by atoms with Crippen LogP contribution in [0.1, 0.15) is 316 Å². The molecule has 1 atom stereocenters. The first-order valence-corrected chi connectivity index (χ1v) is 32.1. The lowest BCUT2D eigenvalue weighted by Gasteiger charge is -2.18. The predicted octanol–water partition coefficient (Wildman–Crippen LogP) is 21.9. The standard InChI is InChI=1S/C69H120O6/c1-4-7-10-13-16-19-22-25-28-31-33-34-36-38-41-44-47-50-53-56-59-62-68(71)74-65-66(64-73-67(70)61-58-55-52-49-46-43-40-37-30-27-24-21-18-15-12-9-6-3)75-69(72)63-60-57-54-51-48-45-42-39-35-32-29-26-23-20-17-14-11-8-5-2/h9,12,17-18,20-21,26-27,29-31,33,35,39,66H,4-8,10-11,13-16,19,22-25,28,32,34,36-38,40-65H2,1-3H3/b12-9-,20-17-,21-18-,29-26-,30-27-,33-31-,39-35-. The lowest BCUT2D eigenvalue weighted by molar-refractivity contribution is -0.167. The van der Waals surface area contributed by atoms with Crippen molar-refractivity contribution in [1.29, 1.82) is 0 Å². The summed E-state index contributed by atoms with van der Waals surface area (Å²) in [6.07, 6.45) is 82.9. The molecule has 0 radical (unpaired) electrons. The van der Waals surface area contributed by atoms with E-state index in [2.05, 4.69) is 106 Å². The summed E-state index contributed by atoms with van der Waals surface area (Å²) in [7, 11) is 0. The topological polar surface area (TPSA) is 78.9 Å². The van der Waals surface area contributed by atoms with Gasteiger partial charge in [0.05, 0.1) is 0 Å². The average molecular weight is 1050 g/mol. The third-order valence-corrected chi connectivity index (χ3v) is 13.9. The van der Waals surface area contributed by atoms with Crippen molar-refractivity contribution in [2.75, 3.05) is 13.2 Å². The summed E-state index contributed by atoms with van der Waals surface area (Å²) in [6, 6.07) is 0. The van der Waals surface area contributed by atoms with Gasteiger partial charge in [0.15, 0.2) is 6.10 Å². The molecular weight excluding hydrogens is 925 g/mol. The molecule has 6 nitrogen and oxygen atoms in total. The van der Waals surface area contributed by atoms with Crippen LogP contribution >= 0.6 is 0 Å². The number of hydrogen-bond acceptors (Lipinski definition) is 6. The van der Waals surface area contributed by atoms with Crippen molar-refractivity contribution in [2.45, 2.75) is 322 Å². The second-order valence-electron chi connectivity index (χ2n) is 21.3. The third-order valence-electron chi connectivity index (χ3n) is 13.9. The number of esters is 3. The molecule has 0 aromatic carbocycles. The Morgan fingerprint density at radius 2 is 0.520 bits per heavy atom. The van der Waals surface area contributed by atoms with Crippen molar-refractivity contribution in [3.8, 4) is 0 Å². The number of hydrogen-bond donors (Lipinski definition) is 0. The number of unbranched alkanes of at least 4 members (excludes halogenated alkanes) is 33. The first-order valence-electron chi connectivity index (χ1n) is 32.1. The monoisotopic (exact) mass is 1040 g/mol. The van der Waals surface area contributed by atoms with E-state index < -0.39 is 6.10 Å². The second-order valence-corrected chi connectivity index (χ2v) is 21.3. The van der Waals surface area contributed by atoms with E-state index in [9.17, 15) is 14.4 Å². The van der Waals surface area contributed by atoms with Crippen molar-refractivity contribution in [1.82, 2.24) is 0 Å². The first-order chi connectivity index (χ1) is 37.0. The molecule has 0 aromatic rings. The van der Waals surface area contributed by atoms with Crippen LogP contribution < -0.4 is 0 Å². The minimum absolute atomic E-state index is 0.0854. The molecule has 0 fully saturated rings. The van der Waals surface area contributed by atoms with E-state index in [1.807, 2.05) is 0 Å². The second kappa shape index (κ2) is 63.1. The van der Waals surface area contributed by atoms with Gasteiger partial charge >= 0.3 is 17.9 Å². The molecule has 0 saturated heterocycles. The zero-order valence-electron chi connectivity index (χ0n) is 49.6. The number of carbonyl (C=O) groups excluding carboxylic acids is 3. The van der Waals surface area contributed by atoms with Crippen LogP contribution in [0.5, 0.6) is 0 Å². The molecule has 0 aromatic heterocycles. The highest BCUT2D eigenvalue weighted by Gasteiger charge is 2.19. The zero-order valence-corrected chi connectivity index (χ0v) is 49.6. The molecule has 0 aliphatic rings. The van der Waals surface area contributed by atoms with Crippen LogP contribution in [-0.4, -0.2) is 37.2 Å². The van der Waals surface area contributed by atoms with Gasteiger partial charge in [-0.25, -0.2) is 0 Å². The van der Waals surface area contributed by atoms with E-state index in [0.29, 0.717) is 19.3 Å². The van der Waals surface area contributed by atoms with Crippen molar-refractivity contribution in [3.05, 3.63) is 85.1 Å². The Kier molecular flexibility index (Phi) is 60.3. The van der Waals surface area contributed by atoms with Gasteiger partial charge in [-0.15, -0.1) is 0 Å². The van der Waals surface area contributed by atoms with Gasteiger partial charge in [0.1, 0.15) is 13.2 Å². The molecule has 0 aliphatic carbocycles. The minimum atomic E-state index is -0.791. The van der Waals surface area contributed by atoms with Gasteiger partial charge < -0.3 is 14.2 Å². The van der Waals surface area contributed by atoms with Crippen molar-refractivity contribution in [2.24, 2.45) is 0 Å². The van der Waals surface area contributed by atoms with Gasteiger partial charge in [-0.2, -0.15) is 0 Å². The summed E-state index contributed by atoms with van der Waals surface area (Å²) in [5.74, 6) is -0.898. The van der Waals surface area contributed by atoms with Crippen LogP contribution in [0, 0.1) is 0 Å². The highest BCUT2D eigenvalue weighted by atomic mass is 16.6. The fourth-order valence-electron chi connectivity index (χ4n) is 9.05. The van der Waals surface area contributed by atoms with Gasteiger partial charge in [0.25, 0.3) is 0 Å². The highest BCUT2D eigenvalue weighted by Crippen LogP contribution is 2.16. The third kappa shape index (κ3) is 61.3. The first kappa shape index (κ1) is 71.6. The van der Waals surface area contributed by atoms with E-state index >= 15 is 0 Å². The summed E-state index contributed by atoms with van der Waals surface area (Å²) in [5.41, 5.74) is 0. The molecule has 6 heteroatoms. The maximum atomic E-state index is 12.9. The van der Waals surface area contributed by atoms with Crippen molar-refractivity contribution < 1.29 is 28.6 Å². The molecule has 75 heavy (non-hydrogen) atoms. The largest absolute Gasteiger partial charge is 0.462 e. The van der Waals surface area contributed by atoms with E-state index in [-0.39, 0.29) is 31.1 Å². The summed E-state index contributed by atoms with van der Waals surface area (Å²) in [5, 5.41) is 0. The Morgan fingerprint density at radius 3 is 0.853 bits per heavy atom. The highest BCUT2D eigenvalue weighted by molar-refractivity contribution is 5.71. The molecule has 1 unspecified atom stereocenters. The molecule has 0 rings (SSSR count). The van der Waals surface area contributed by atoms with Gasteiger partial charge in [0, 0.05) is 19.3 Å². The Bertz CT molecular complexity index is 1430. The minimum Gasteiger partial charge on any atom is -0.462 e. The summed E-state index contributed by atoms with van der Waals surface area (Å²) in [6.45, 7) is 6.51. The van der Waals surface area contributed by atoms with E-state index in [4.69, 9.17) is 14.2 Å². The zero-order chi connectivity index (χ0) is 54.3. The quantitative estimate of drug-likeness (QED) is 0.0261. The molecular formula is C69H120O6. The summed E-state index contributed by atoms with van der Waals surface area (Å²) >= 11 is 0. The molecule has 0 heterocycles. The number of allylic oxidation sites excluding steroid dienone is 14.